The van der Waals surface area contributed by atoms with Crippen LogP contribution in [0.3, 0.4) is 0 Å². The Morgan fingerprint density at radius 1 is 0.750 bits per heavy atom. The number of alkyl carbamates (subject to hydrolysis) is 1. The van der Waals surface area contributed by atoms with Gasteiger partial charge in [0.1, 0.15) is 33.4 Å². The maximum atomic E-state index is 14.2. The zero-order valence-electron chi connectivity index (χ0n) is 31.0. The summed E-state index contributed by atoms with van der Waals surface area (Å²) in [6.07, 6.45) is 13.2. The van der Waals surface area contributed by atoms with Crippen molar-refractivity contribution in [2.45, 2.75) is 103 Å². The summed E-state index contributed by atoms with van der Waals surface area (Å²) in [5.41, 5.74) is 0.968. The zero-order chi connectivity index (χ0) is 37.9. The third-order valence-corrected chi connectivity index (χ3v) is 8.71. The van der Waals surface area contributed by atoms with Crippen LogP contribution in [0.1, 0.15) is 113 Å². The van der Waals surface area contributed by atoms with Crippen molar-refractivity contribution in [1.29, 1.82) is 0 Å². The number of ether oxygens (including phenoxy) is 3. The summed E-state index contributed by atoms with van der Waals surface area (Å²) >= 11 is 12.1. The number of hydrogen-bond acceptors (Lipinski definition) is 8. The molecule has 0 aliphatic carbocycles. The Labute approximate surface area is 318 Å². The van der Waals surface area contributed by atoms with Gasteiger partial charge in [0.25, 0.3) is 5.91 Å². The first-order chi connectivity index (χ1) is 24.9. The molecule has 2 N–H and O–H groups in total. The molecule has 0 aliphatic heterocycles. The minimum atomic E-state index is -1.03. The molecule has 2 aromatic heterocycles. The molecule has 3 amide bonds. The molecule has 1 unspecified atom stereocenters. The van der Waals surface area contributed by atoms with Gasteiger partial charge in [0.05, 0.1) is 26.3 Å². The van der Waals surface area contributed by atoms with Gasteiger partial charge in [0.15, 0.2) is 0 Å². The molecular weight excluding hydrogens is 705 g/mol. The second-order valence-electron chi connectivity index (χ2n) is 13.6. The van der Waals surface area contributed by atoms with E-state index in [1.54, 1.807) is 43.5 Å². The van der Waals surface area contributed by atoms with Crippen LogP contribution in [0.5, 0.6) is 11.5 Å². The number of amides is 3. The summed E-state index contributed by atoms with van der Waals surface area (Å²) in [6, 6.07) is 10.7. The van der Waals surface area contributed by atoms with Gasteiger partial charge in [0.2, 0.25) is 5.91 Å². The van der Waals surface area contributed by atoms with Crippen LogP contribution in [0.25, 0.3) is 0 Å². The molecule has 2 heterocycles. The predicted molar refractivity (Wildman–Crippen MR) is 204 cm³/mol. The maximum absolute atomic E-state index is 14.2. The molecule has 52 heavy (non-hydrogen) atoms. The highest BCUT2D eigenvalue weighted by molar-refractivity contribution is 6.29. The van der Waals surface area contributed by atoms with Crippen LogP contribution in [0.2, 0.25) is 10.3 Å². The summed E-state index contributed by atoms with van der Waals surface area (Å²) in [5, 5.41) is 6.39. The molecule has 3 rings (SSSR count). The van der Waals surface area contributed by atoms with Gasteiger partial charge in [-0.3, -0.25) is 9.59 Å². The molecule has 0 fully saturated rings. The third kappa shape index (κ3) is 14.9. The van der Waals surface area contributed by atoms with Crippen LogP contribution >= 0.6 is 23.2 Å². The van der Waals surface area contributed by atoms with Crippen molar-refractivity contribution >= 4 is 41.1 Å². The SMILES string of the molecule is COc1ccc(CN(C(=O)c2ccc(Cl)nc2)C(C(=O)NCCCCCCCCCCCCNC(=O)OC(C)(C)C)c2ccc(Cl)nc2)c(OC)c1. The number of methoxy groups -OCH3 is 2. The Balaban J connectivity index is 1.55. The van der Waals surface area contributed by atoms with Crippen molar-refractivity contribution in [3.63, 3.8) is 0 Å². The number of carbonyl (C=O) groups is 3. The molecule has 3 aromatic rings. The number of unbranched alkanes of at least 4 members (excludes halogenated alkanes) is 9. The Bertz CT molecular complexity index is 1550. The summed E-state index contributed by atoms with van der Waals surface area (Å²) in [6.45, 7) is 6.70. The Hall–Kier alpha value is -4.09. The van der Waals surface area contributed by atoms with Crippen molar-refractivity contribution in [2.24, 2.45) is 0 Å². The minimum absolute atomic E-state index is 0.0400. The number of nitrogens with zero attached hydrogens (tertiary/aromatic N) is 3. The summed E-state index contributed by atoms with van der Waals surface area (Å²) in [5.74, 6) is 0.341. The van der Waals surface area contributed by atoms with E-state index in [9.17, 15) is 14.4 Å². The van der Waals surface area contributed by atoms with Gasteiger partial charge in [-0.1, -0.05) is 80.6 Å². The fourth-order valence-electron chi connectivity index (χ4n) is 5.61. The Kier molecular flexibility index (Phi) is 18.0. The fourth-order valence-corrected chi connectivity index (χ4v) is 5.84. The number of nitrogens with one attached hydrogen (secondary N) is 2. The normalized spacial score (nSPS) is 11.8. The molecule has 284 valence electrons. The van der Waals surface area contributed by atoms with Crippen molar-refractivity contribution in [1.82, 2.24) is 25.5 Å². The molecule has 0 bridgehead atoms. The van der Waals surface area contributed by atoms with Crippen molar-refractivity contribution < 1.29 is 28.6 Å². The van der Waals surface area contributed by atoms with E-state index in [1.807, 2.05) is 20.8 Å². The second-order valence-corrected chi connectivity index (χ2v) is 14.3. The van der Waals surface area contributed by atoms with Gasteiger partial charge >= 0.3 is 6.09 Å². The number of halogens is 2. The second kappa shape index (κ2) is 22.1. The highest BCUT2D eigenvalue weighted by Gasteiger charge is 2.33. The van der Waals surface area contributed by atoms with Gasteiger partial charge in [-0.05, 0) is 63.9 Å². The molecule has 1 atom stereocenters. The number of carbonyl (C=O) groups excluding carboxylic acids is 3. The molecule has 11 nitrogen and oxygen atoms in total. The van der Waals surface area contributed by atoms with Gasteiger partial charge < -0.3 is 29.7 Å². The molecular formula is C39H53Cl2N5O6. The van der Waals surface area contributed by atoms with E-state index in [2.05, 4.69) is 20.6 Å². The molecule has 1 aromatic carbocycles. The number of pyridine rings is 2. The topological polar surface area (TPSA) is 132 Å². The highest BCUT2D eigenvalue weighted by Crippen LogP contribution is 2.31. The summed E-state index contributed by atoms with van der Waals surface area (Å²) in [4.78, 5) is 49.7. The number of benzene rings is 1. The largest absolute Gasteiger partial charge is 0.497 e. The van der Waals surface area contributed by atoms with Crippen LogP contribution in [0.4, 0.5) is 4.79 Å². The van der Waals surface area contributed by atoms with Gasteiger partial charge in [-0.25, -0.2) is 14.8 Å². The molecule has 0 aliphatic rings. The lowest BCUT2D eigenvalue weighted by Gasteiger charge is -2.32. The van der Waals surface area contributed by atoms with E-state index in [4.69, 9.17) is 37.4 Å². The standard InChI is InChI=1S/C39H53Cl2N5O6/c1-39(2,3)52-38(49)43-23-15-13-11-9-7-6-8-10-12-14-22-42-36(47)35(28-17-20-33(40)44-25-28)46(37(48)29-18-21-34(41)45-26-29)27-30-16-19-31(50-4)24-32(30)51-5/h16-21,24-26,35H,6-15,22-23,27H2,1-5H3,(H,42,47)(H,43,49). The quantitative estimate of drug-likeness (QED) is 0.0815. The van der Waals surface area contributed by atoms with Crippen LogP contribution in [-0.2, 0) is 16.1 Å². The lowest BCUT2D eigenvalue weighted by molar-refractivity contribution is -0.126. The number of rotatable bonds is 21. The van der Waals surface area contributed by atoms with E-state index < -0.39 is 17.6 Å². The first-order valence-corrected chi connectivity index (χ1v) is 18.7. The molecule has 0 spiro atoms. The van der Waals surface area contributed by atoms with Crippen molar-refractivity contribution in [3.05, 3.63) is 81.9 Å². The van der Waals surface area contributed by atoms with Gasteiger partial charge in [-0.2, -0.15) is 0 Å². The third-order valence-electron chi connectivity index (χ3n) is 8.27. The number of aromatic nitrogens is 2. The van der Waals surface area contributed by atoms with Gasteiger partial charge in [-0.15, -0.1) is 0 Å². The monoisotopic (exact) mass is 757 g/mol. The average molecular weight is 759 g/mol. The molecule has 0 radical (unpaired) electrons. The summed E-state index contributed by atoms with van der Waals surface area (Å²) < 4.78 is 16.2. The van der Waals surface area contributed by atoms with Gasteiger partial charge in [0, 0.05) is 42.7 Å². The van der Waals surface area contributed by atoms with E-state index in [-0.39, 0.29) is 34.4 Å². The molecule has 0 saturated carbocycles. The molecule has 0 saturated heterocycles. The van der Waals surface area contributed by atoms with E-state index in [0.717, 1.165) is 44.9 Å². The smallest absolute Gasteiger partial charge is 0.407 e. The van der Waals surface area contributed by atoms with Crippen LogP contribution in [0, 0.1) is 0 Å². The lowest BCUT2D eigenvalue weighted by Crippen LogP contribution is -2.43. The summed E-state index contributed by atoms with van der Waals surface area (Å²) in [7, 11) is 3.10. The maximum Gasteiger partial charge on any atom is 0.407 e. The predicted octanol–water partition coefficient (Wildman–Crippen LogP) is 8.73. The minimum Gasteiger partial charge on any atom is -0.497 e. The molecule has 13 heteroatoms. The van der Waals surface area contributed by atoms with Crippen molar-refractivity contribution in [2.75, 3.05) is 27.3 Å². The highest BCUT2D eigenvalue weighted by atomic mass is 35.5. The number of hydrogen-bond donors (Lipinski definition) is 2. The lowest BCUT2D eigenvalue weighted by atomic mass is 10.0. The first kappa shape index (κ1) is 42.3. The Morgan fingerprint density at radius 3 is 1.85 bits per heavy atom. The van der Waals surface area contributed by atoms with E-state index in [1.165, 1.54) is 49.7 Å². The zero-order valence-corrected chi connectivity index (χ0v) is 32.5. The van der Waals surface area contributed by atoms with Crippen molar-refractivity contribution in [3.8, 4) is 11.5 Å². The fraction of sp³-hybridized carbons (Fsp3) is 0.513. The van der Waals surface area contributed by atoms with Crippen LogP contribution < -0.4 is 20.1 Å². The van der Waals surface area contributed by atoms with Crippen LogP contribution in [-0.4, -0.2) is 65.7 Å². The van der Waals surface area contributed by atoms with E-state index in [0.29, 0.717) is 35.7 Å². The average Bonchev–Trinajstić information content (AvgIpc) is 3.11. The van der Waals surface area contributed by atoms with E-state index >= 15 is 0 Å². The Morgan fingerprint density at radius 2 is 1.33 bits per heavy atom. The first-order valence-electron chi connectivity index (χ1n) is 17.9. The van der Waals surface area contributed by atoms with Crippen LogP contribution in [0.15, 0.2) is 54.9 Å².